The molecule has 3 aromatic heterocycles. The van der Waals surface area contributed by atoms with E-state index in [2.05, 4.69) is 44.1 Å². The van der Waals surface area contributed by atoms with Gasteiger partial charge < -0.3 is 0 Å². The number of carbonyl (C=O) groups excluding carboxylic acids is 1. The molecule has 4 aromatic rings. The van der Waals surface area contributed by atoms with Gasteiger partial charge in [-0.25, -0.2) is 9.97 Å². The van der Waals surface area contributed by atoms with Crippen LogP contribution in [0.25, 0.3) is 11.5 Å². The van der Waals surface area contributed by atoms with Crippen molar-refractivity contribution in [1.82, 2.24) is 24.9 Å². The summed E-state index contributed by atoms with van der Waals surface area (Å²) < 4.78 is 0. The third-order valence-electron chi connectivity index (χ3n) is 4.88. The summed E-state index contributed by atoms with van der Waals surface area (Å²) in [7, 11) is 0. The molecule has 3 heterocycles. The van der Waals surface area contributed by atoms with Gasteiger partial charge in [-0.3, -0.25) is 15.1 Å². The van der Waals surface area contributed by atoms with E-state index < -0.39 is 0 Å². The van der Waals surface area contributed by atoms with Gasteiger partial charge in [0.25, 0.3) is 0 Å². The number of hydrogen-bond acceptors (Lipinski definition) is 9. The molecule has 7 nitrogen and oxygen atoms in total. The number of hydrogen-bond donors (Lipinski definition) is 1. The van der Waals surface area contributed by atoms with E-state index in [1.165, 1.54) is 16.6 Å². The van der Waals surface area contributed by atoms with E-state index in [4.69, 9.17) is 0 Å². The van der Waals surface area contributed by atoms with Crippen molar-refractivity contribution < 1.29 is 4.79 Å². The first kappa shape index (κ1) is 24.0. The molecular weight excluding hydrogens is 464 g/mol. The van der Waals surface area contributed by atoms with Gasteiger partial charge in [0, 0.05) is 35.0 Å². The van der Waals surface area contributed by atoms with Gasteiger partial charge in [0.2, 0.25) is 5.95 Å². The van der Waals surface area contributed by atoms with Crippen LogP contribution in [-0.2, 0) is 11.2 Å². The standard InChI is InChI=1S/C25H26N6OS2/c1-4-7-18(32)14-17-9-11-19(12-10-17)33-25-29-22(20-8-5-6-13-26-20)28-23(31-25)30-24-27-15-21(34-24)16(2)3/h5-6,8-13,15-16H,4,7,14H2,1-3H3,(H,27,28,29,30,31). The van der Waals surface area contributed by atoms with Crippen LogP contribution in [0.5, 0.6) is 0 Å². The zero-order valence-electron chi connectivity index (χ0n) is 19.4. The predicted molar refractivity (Wildman–Crippen MR) is 137 cm³/mol. The zero-order chi connectivity index (χ0) is 23.9. The molecule has 4 rings (SSSR count). The van der Waals surface area contributed by atoms with E-state index in [9.17, 15) is 4.79 Å². The van der Waals surface area contributed by atoms with Gasteiger partial charge in [-0.2, -0.15) is 9.97 Å². The highest BCUT2D eigenvalue weighted by Crippen LogP contribution is 2.30. The van der Waals surface area contributed by atoms with Crippen molar-refractivity contribution in [3.63, 3.8) is 0 Å². The predicted octanol–water partition coefficient (Wildman–Crippen LogP) is 6.32. The fraction of sp³-hybridized carbons (Fsp3) is 0.280. The molecule has 0 radical (unpaired) electrons. The van der Waals surface area contributed by atoms with Gasteiger partial charge in [0.05, 0.1) is 0 Å². The van der Waals surface area contributed by atoms with Crippen LogP contribution in [0.4, 0.5) is 11.1 Å². The van der Waals surface area contributed by atoms with Crippen LogP contribution in [0.3, 0.4) is 0 Å². The maximum atomic E-state index is 11.9. The van der Waals surface area contributed by atoms with Crippen molar-refractivity contribution in [1.29, 1.82) is 0 Å². The number of rotatable bonds is 10. The second-order valence-electron chi connectivity index (χ2n) is 8.04. The summed E-state index contributed by atoms with van der Waals surface area (Å²) in [6.45, 7) is 6.30. The monoisotopic (exact) mass is 490 g/mol. The van der Waals surface area contributed by atoms with Crippen molar-refractivity contribution in [3.8, 4) is 11.5 Å². The third kappa shape index (κ3) is 6.45. The number of anilines is 2. The van der Waals surface area contributed by atoms with Crippen LogP contribution >= 0.6 is 23.1 Å². The second-order valence-corrected chi connectivity index (χ2v) is 10.1. The fourth-order valence-electron chi connectivity index (χ4n) is 3.15. The summed E-state index contributed by atoms with van der Waals surface area (Å²) in [6, 6.07) is 13.6. The number of aromatic nitrogens is 5. The summed E-state index contributed by atoms with van der Waals surface area (Å²) in [5.74, 6) is 1.58. The molecule has 9 heteroatoms. The Labute approximate surface area is 207 Å². The Bertz CT molecular complexity index is 1240. The molecule has 0 aliphatic rings. The highest BCUT2D eigenvalue weighted by atomic mass is 32.2. The summed E-state index contributed by atoms with van der Waals surface area (Å²) >= 11 is 3.02. The van der Waals surface area contributed by atoms with Crippen LogP contribution in [-0.4, -0.2) is 30.7 Å². The quantitative estimate of drug-likeness (QED) is 0.276. The van der Waals surface area contributed by atoms with Crippen LogP contribution in [0.15, 0.2) is 64.9 Å². The highest BCUT2D eigenvalue weighted by Gasteiger charge is 2.13. The van der Waals surface area contributed by atoms with E-state index in [0.29, 0.717) is 41.4 Å². The minimum Gasteiger partial charge on any atom is -0.300 e. The highest BCUT2D eigenvalue weighted by molar-refractivity contribution is 7.99. The summed E-state index contributed by atoms with van der Waals surface area (Å²) in [5.41, 5.74) is 1.68. The maximum Gasteiger partial charge on any atom is 0.233 e. The Morgan fingerprint density at radius 2 is 1.88 bits per heavy atom. The molecule has 0 aliphatic heterocycles. The van der Waals surface area contributed by atoms with E-state index in [-0.39, 0.29) is 5.78 Å². The number of carbonyl (C=O) groups is 1. The Kier molecular flexibility index (Phi) is 7.97. The molecule has 0 atom stereocenters. The number of ketones is 1. The molecule has 1 aromatic carbocycles. The van der Waals surface area contributed by atoms with Gasteiger partial charge in [-0.15, -0.1) is 11.3 Å². The van der Waals surface area contributed by atoms with Crippen LogP contribution < -0.4 is 5.32 Å². The minimum absolute atomic E-state index is 0.263. The van der Waals surface area contributed by atoms with Crippen LogP contribution in [0.1, 0.15) is 50.0 Å². The largest absolute Gasteiger partial charge is 0.300 e. The van der Waals surface area contributed by atoms with Gasteiger partial charge in [-0.05, 0) is 53.9 Å². The van der Waals surface area contributed by atoms with E-state index in [1.54, 1.807) is 17.5 Å². The molecule has 0 amide bonds. The van der Waals surface area contributed by atoms with Crippen LogP contribution in [0.2, 0.25) is 0 Å². The van der Waals surface area contributed by atoms with E-state index in [1.807, 2.05) is 55.6 Å². The Morgan fingerprint density at radius 3 is 2.56 bits per heavy atom. The summed E-state index contributed by atoms with van der Waals surface area (Å²) in [4.78, 5) is 36.8. The topological polar surface area (TPSA) is 93.6 Å². The molecule has 34 heavy (non-hydrogen) atoms. The average molecular weight is 491 g/mol. The van der Waals surface area contributed by atoms with Crippen LogP contribution in [0, 0.1) is 0 Å². The number of pyridine rings is 1. The summed E-state index contributed by atoms with van der Waals surface area (Å²) in [6.07, 6.45) is 5.55. The molecule has 0 saturated heterocycles. The number of nitrogens with zero attached hydrogens (tertiary/aromatic N) is 5. The molecule has 0 aliphatic carbocycles. The first-order valence-corrected chi connectivity index (χ1v) is 12.8. The lowest BCUT2D eigenvalue weighted by Crippen LogP contribution is -2.03. The zero-order valence-corrected chi connectivity index (χ0v) is 21.0. The molecule has 1 N–H and O–H groups in total. The van der Waals surface area contributed by atoms with Gasteiger partial charge in [-0.1, -0.05) is 39.0 Å². The van der Waals surface area contributed by atoms with Crippen molar-refractivity contribution >= 4 is 40.0 Å². The van der Waals surface area contributed by atoms with Gasteiger partial charge >= 0.3 is 0 Å². The van der Waals surface area contributed by atoms with Crippen molar-refractivity contribution in [3.05, 3.63) is 65.3 Å². The molecule has 0 fully saturated rings. The number of Topliss-reactive ketones (excluding diaryl/α,β-unsaturated/α-hetero) is 1. The molecule has 0 bridgehead atoms. The second kappa shape index (κ2) is 11.3. The lowest BCUT2D eigenvalue weighted by Gasteiger charge is -2.08. The Hall–Kier alpha value is -3.17. The first-order valence-electron chi connectivity index (χ1n) is 11.2. The third-order valence-corrected chi connectivity index (χ3v) is 6.97. The molecular formula is C25H26N6OS2. The normalized spacial score (nSPS) is 11.1. The van der Waals surface area contributed by atoms with Crippen molar-refractivity contribution in [2.24, 2.45) is 0 Å². The van der Waals surface area contributed by atoms with E-state index >= 15 is 0 Å². The smallest absolute Gasteiger partial charge is 0.233 e. The first-order chi connectivity index (χ1) is 16.5. The Morgan fingerprint density at radius 1 is 1.06 bits per heavy atom. The fourth-order valence-corrected chi connectivity index (χ4v) is 4.71. The van der Waals surface area contributed by atoms with Crippen molar-refractivity contribution in [2.75, 3.05) is 5.32 Å². The summed E-state index contributed by atoms with van der Waals surface area (Å²) in [5, 5.41) is 4.51. The lowest BCUT2D eigenvalue weighted by molar-refractivity contribution is -0.118. The molecule has 174 valence electrons. The van der Waals surface area contributed by atoms with Gasteiger partial charge in [0.1, 0.15) is 11.5 Å². The lowest BCUT2D eigenvalue weighted by atomic mass is 10.1. The maximum absolute atomic E-state index is 11.9. The van der Waals surface area contributed by atoms with Crippen molar-refractivity contribution in [2.45, 2.75) is 56.0 Å². The minimum atomic E-state index is 0.263. The van der Waals surface area contributed by atoms with E-state index in [0.717, 1.165) is 22.0 Å². The SMILES string of the molecule is CCCC(=O)Cc1ccc(Sc2nc(Nc3ncc(C(C)C)s3)nc(-c3ccccn3)n2)cc1. The number of nitrogens with one attached hydrogen (secondary N) is 1. The molecule has 0 spiro atoms. The number of benzene rings is 1. The average Bonchev–Trinajstić information content (AvgIpc) is 3.30. The molecule has 0 unspecified atom stereocenters. The number of thiazole rings is 1. The Balaban J connectivity index is 1.58. The van der Waals surface area contributed by atoms with Gasteiger partial charge in [0.15, 0.2) is 16.1 Å². The molecule has 0 saturated carbocycles.